The molecule has 0 aliphatic heterocycles. The van der Waals surface area contributed by atoms with Crippen molar-refractivity contribution in [2.75, 3.05) is 23.7 Å². The SMILES string of the molecule is OC(CCCNc1ccccc1)CCCNc1ccccc1. The van der Waals surface area contributed by atoms with E-state index >= 15 is 0 Å². The molecule has 0 aliphatic rings. The molecule has 118 valence electrons. The maximum atomic E-state index is 9.99. The van der Waals surface area contributed by atoms with Gasteiger partial charge in [-0.15, -0.1) is 0 Å². The summed E-state index contributed by atoms with van der Waals surface area (Å²) < 4.78 is 0. The summed E-state index contributed by atoms with van der Waals surface area (Å²) in [5.41, 5.74) is 2.29. The van der Waals surface area contributed by atoms with Crippen LogP contribution in [0.5, 0.6) is 0 Å². The highest BCUT2D eigenvalue weighted by atomic mass is 16.3. The summed E-state index contributed by atoms with van der Waals surface area (Å²) in [6.45, 7) is 1.81. The summed E-state index contributed by atoms with van der Waals surface area (Å²) in [5.74, 6) is 0. The minimum Gasteiger partial charge on any atom is -0.393 e. The van der Waals surface area contributed by atoms with Crippen molar-refractivity contribution in [2.45, 2.75) is 31.8 Å². The molecule has 0 saturated carbocycles. The number of aliphatic hydroxyl groups excluding tert-OH is 1. The van der Waals surface area contributed by atoms with Crippen molar-refractivity contribution in [3.63, 3.8) is 0 Å². The summed E-state index contributed by atoms with van der Waals surface area (Å²) in [4.78, 5) is 0. The van der Waals surface area contributed by atoms with E-state index in [1.54, 1.807) is 0 Å². The number of nitrogens with one attached hydrogen (secondary N) is 2. The van der Waals surface area contributed by atoms with E-state index in [2.05, 4.69) is 34.9 Å². The number of hydrogen-bond donors (Lipinski definition) is 3. The van der Waals surface area contributed by atoms with E-state index in [4.69, 9.17) is 0 Å². The fourth-order valence-electron chi connectivity index (χ4n) is 2.40. The average molecular weight is 298 g/mol. The van der Waals surface area contributed by atoms with Gasteiger partial charge in [-0.1, -0.05) is 36.4 Å². The Morgan fingerprint density at radius 3 is 1.50 bits per heavy atom. The number of benzene rings is 2. The van der Waals surface area contributed by atoms with Gasteiger partial charge in [0.05, 0.1) is 6.10 Å². The lowest BCUT2D eigenvalue weighted by molar-refractivity contribution is 0.151. The van der Waals surface area contributed by atoms with Gasteiger partial charge in [0, 0.05) is 24.5 Å². The van der Waals surface area contributed by atoms with Gasteiger partial charge in [-0.25, -0.2) is 0 Å². The van der Waals surface area contributed by atoms with Crippen molar-refractivity contribution in [2.24, 2.45) is 0 Å². The summed E-state index contributed by atoms with van der Waals surface area (Å²) in [7, 11) is 0. The Morgan fingerprint density at radius 2 is 1.09 bits per heavy atom. The molecule has 2 aromatic rings. The molecule has 0 saturated heterocycles. The van der Waals surface area contributed by atoms with Crippen molar-refractivity contribution in [1.29, 1.82) is 0 Å². The number of hydrogen-bond acceptors (Lipinski definition) is 3. The van der Waals surface area contributed by atoms with Crippen LogP contribution in [0.4, 0.5) is 11.4 Å². The first kappa shape index (κ1) is 16.4. The molecule has 3 nitrogen and oxygen atoms in total. The summed E-state index contributed by atoms with van der Waals surface area (Å²) in [6.07, 6.45) is 3.48. The topological polar surface area (TPSA) is 44.3 Å². The molecule has 0 radical (unpaired) electrons. The van der Waals surface area contributed by atoms with Gasteiger partial charge in [0.1, 0.15) is 0 Å². The van der Waals surface area contributed by atoms with E-state index in [1.165, 1.54) is 0 Å². The van der Waals surface area contributed by atoms with Gasteiger partial charge < -0.3 is 15.7 Å². The molecule has 0 atom stereocenters. The first-order chi connectivity index (χ1) is 10.8. The van der Waals surface area contributed by atoms with Gasteiger partial charge in [-0.05, 0) is 49.9 Å². The van der Waals surface area contributed by atoms with Gasteiger partial charge in [-0.2, -0.15) is 0 Å². The monoisotopic (exact) mass is 298 g/mol. The highest BCUT2D eigenvalue weighted by Gasteiger charge is 2.03. The molecule has 0 spiro atoms. The van der Waals surface area contributed by atoms with E-state index < -0.39 is 0 Å². The first-order valence-corrected chi connectivity index (χ1v) is 8.10. The summed E-state index contributed by atoms with van der Waals surface area (Å²) >= 11 is 0. The van der Waals surface area contributed by atoms with Gasteiger partial charge in [-0.3, -0.25) is 0 Å². The van der Waals surface area contributed by atoms with E-state index in [0.29, 0.717) is 0 Å². The lowest BCUT2D eigenvalue weighted by atomic mass is 10.1. The third-order valence-electron chi connectivity index (χ3n) is 3.63. The largest absolute Gasteiger partial charge is 0.393 e. The number of anilines is 2. The Morgan fingerprint density at radius 1 is 0.682 bits per heavy atom. The molecule has 3 N–H and O–H groups in total. The Labute approximate surface area is 133 Å². The minimum absolute atomic E-state index is 0.199. The molecule has 0 amide bonds. The maximum absolute atomic E-state index is 9.99. The normalized spacial score (nSPS) is 10.6. The van der Waals surface area contributed by atoms with Gasteiger partial charge in [0.15, 0.2) is 0 Å². The van der Waals surface area contributed by atoms with Crippen LogP contribution in [0.15, 0.2) is 60.7 Å². The molecule has 0 aromatic heterocycles. The molecule has 22 heavy (non-hydrogen) atoms. The van der Waals surface area contributed by atoms with Crippen LogP contribution in [0.2, 0.25) is 0 Å². The molecular formula is C19H26N2O. The van der Waals surface area contributed by atoms with Crippen LogP contribution in [-0.2, 0) is 0 Å². The van der Waals surface area contributed by atoms with E-state index in [9.17, 15) is 5.11 Å². The minimum atomic E-state index is -0.199. The summed E-state index contributed by atoms with van der Waals surface area (Å²) in [6, 6.07) is 20.4. The zero-order chi connectivity index (χ0) is 15.5. The molecular weight excluding hydrogens is 272 g/mol. The molecule has 0 unspecified atom stereocenters. The maximum Gasteiger partial charge on any atom is 0.0541 e. The standard InChI is InChI=1S/C19H26N2O/c22-19(13-7-15-20-17-9-3-1-4-10-17)14-8-16-21-18-11-5-2-6-12-18/h1-6,9-12,19-22H,7-8,13-16H2. The number of aliphatic hydroxyl groups is 1. The highest BCUT2D eigenvalue weighted by Crippen LogP contribution is 2.09. The zero-order valence-electron chi connectivity index (χ0n) is 13.0. The molecule has 0 fully saturated rings. The third kappa shape index (κ3) is 6.64. The van der Waals surface area contributed by atoms with Gasteiger partial charge >= 0.3 is 0 Å². The zero-order valence-corrected chi connectivity index (χ0v) is 13.0. The highest BCUT2D eigenvalue weighted by molar-refractivity contribution is 5.42. The smallest absolute Gasteiger partial charge is 0.0541 e. The summed E-state index contributed by atoms with van der Waals surface area (Å²) in [5, 5.41) is 16.7. The first-order valence-electron chi connectivity index (χ1n) is 8.10. The Balaban J connectivity index is 1.48. The van der Waals surface area contributed by atoms with Crippen LogP contribution in [0.3, 0.4) is 0 Å². The molecule has 2 rings (SSSR count). The second-order valence-corrected chi connectivity index (χ2v) is 5.52. The Kier molecular flexibility index (Phi) is 7.33. The van der Waals surface area contributed by atoms with Crippen molar-refractivity contribution < 1.29 is 5.11 Å². The van der Waals surface area contributed by atoms with E-state index in [1.807, 2.05) is 36.4 Å². The second-order valence-electron chi connectivity index (χ2n) is 5.52. The van der Waals surface area contributed by atoms with E-state index in [0.717, 1.165) is 50.1 Å². The van der Waals surface area contributed by atoms with Crippen molar-refractivity contribution in [3.8, 4) is 0 Å². The van der Waals surface area contributed by atoms with Gasteiger partial charge in [0.2, 0.25) is 0 Å². The fourth-order valence-corrected chi connectivity index (χ4v) is 2.40. The quantitative estimate of drug-likeness (QED) is 0.578. The van der Waals surface area contributed by atoms with Crippen molar-refractivity contribution >= 4 is 11.4 Å². The van der Waals surface area contributed by atoms with Crippen molar-refractivity contribution in [3.05, 3.63) is 60.7 Å². The number of rotatable bonds is 10. The van der Waals surface area contributed by atoms with Crippen LogP contribution < -0.4 is 10.6 Å². The Hall–Kier alpha value is -2.00. The molecule has 2 aromatic carbocycles. The van der Waals surface area contributed by atoms with Crippen LogP contribution in [0.1, 0.15) is 25.7 Å². The number of para-hydroxylation sites is 2. The molecule has 0 heterocycles. The van der Waals surface area contributed by atoms with Crippen LogP contribution in [-0.4, -0.2) is 24.3 Å². The average Bonchev–Trinajstić information content (AvgIpc) is 2.57. The second kappa shape index (κ2) is 9.85. The molecule has 0 bridgehead atoms. The predicted octanol–water partition coefficient (Wildman–Crippen LogP) is 4.13. The van der Waals surface area contributed by atoms with E-state index in [-0.39, 0.29) is 6.10 Å². The van der Waals surface area contributed by atoms with Crippen LogP contribution in [0, 0.1) is 0 Å². The predicted molar refractivity (Wildman–Crippen MR) is 94.3 cm³/mol. The van der Waals surface area contributed by atoms with Gasteiger partial charge in [0.25, 0.3) is 0 Å². The molecule has 3 heteroatoms. The lowest BCUT2D eigenvalue weighted by Gasteiger charge is -2.12. The van der Waals surface area contributed by atoms with Crippen molar-refractivity contribution in [1.82, 2.24) is 0 Å². The molecule has 0 aliphatic carbocycles. The van der Waals surface area contributed by atoms with Crippen LogP contribution in [0.25, 0.3) is 0 Å². The van der Waals surface area contributed by atoms with Crippen LogP contribution >= 0.6 is 0 Å². The fraction of sp³-hybridized carbons (Fsp3) is 0.368. The Bertz CT molecular complexity index is 454. The lowest BCUT2D eigenvalue weighted by Crippen LogP contribution is -2.12. The third-order valence-corrected chi connectivity index (χ3v) is 3.63.